The number of alkyl halides is 1. The number of rotatable bonds is 4. The van der Waals surface area contributed by atoms with E-state index in [1.807, 2.05) is 0 Å². The molecule has 2 N–H and O–H groups in total. The molecule has 0 spiro atoms. The van der Waals surface area contributed by atoms with E-state index in [2.05, 4.69) is 0 Å². The number of carboxylic acids is 1. The Balaban J connectivity index is 3.43. The van der Waals surface area contributed by atoms with Crippen LogP contribution in [0.5, 0.6) is 0 Å². The molecule has 0 aliphatic heterocycles. The number of hydrogen-bond acceptors (Lipinski definition) is 2. The second-order valence-electron chi connectivity index (χ2n) is 1.78. The van der Waals surface area contributed by atoms with Gasteiger partial charge in [-0.1, -0.05) is 6.08 Å². The monoisotopic (exact) mass is 164 g/mol. The Hall–Kier alpha value is -0.540. The van der Waals surface area contributed by atoms with Crippen molar-refractivity contribution in [1.82, 2.24) is 0 Å². The van der Waals surface area contributed by atoms with Crippen molar-refractivity contribution in [3.63, 3.8) is 0 Å². The van der Waals surface area contributed by atoms with Gasteiger partial charge in [0.15, 0.2) is 0 Å². The van der Waals surface area contributed by atoms with E-state index in [1.165, 1.54) is 6.08 Å². The van der Waals surface area contributed by atoms with E-state index in [0.29, 0.717) is 0 Å². The van der Waals surface area contributed by atoms with Crippen molar-refractivity contribution in [3.05, 3.63) is 12.2 Å². The van der Waals surface area contributed by atoms with Gasteiger partial charge >= 0.3 is 5.97 Å². The van der Waals surface area contributed by atoms with Crippen molar-refractivity contribution >= 4 is 17.6 Å². The lowest BCUT2D eigenvalue weighted by atomic mass is 10.3. The molecule has 0 amide bonds. The van der Waals surface area contributed by atoms with E-state index in [4.69, 9.17) is 21.8 Å². The van der Waals surface area contributed by atoms with Crippen LogP contribution in [0.25, 0.3) is 0 Å². The number of aliphatic hydroxyl groups is 1. The van der Waals surface area contributed by atoms with Crippen LogP contribution in [0.2, 0.25) is 0 Å². The summed E-state index contributed by atoms with van der Waals surface area (Å²) in [6.07, 6.45) is 2.00. The molecular formula is C6H9ClO3. The first kappa shape index (κ1) is 9.46. The lowest BCUT2D eigenvalue weighted by Crippen LogP contribution is -2.05. The summed E-state index contributed by atoms with van der Waals surface area (Å²) in [5, 5.41) is 16.9. The summed E-state index contributed by atoms with van der Waals surface area (Å²) < 4.78 is 0. The van der Waals surface area contributed by atoms with E-state index in [1.54, 1.807) is 0 Å². The maximum atomic E-state index is 9.87. The molecule has 0 saturated carbocycles. The van der Waals surface area contributed by atoms with Gasteiger partial charge in [-0.25, -0.2) is 4.79 Å². The standard InChI is InChI=1S/C6H9ClO3/c7-4-5(8)2-1-3-6(9)10/h1,3,5,8H,2,4H2,(H,9,10). The van der Waals surface area contributed by atoms with Gasteiger partial charge in [0.25, 0.3) is 0 Å². The zero-order chi connectivity index (χ0) is 7.98. The minimum Gasteiger partial charge on any atom is -0.478 e. The van der Waals surface area contributed by atoms with Crippen molar-refractivity contribution in [2.45, 2.75) is 12.5 Å². The molecule has 0 heterocycles. The van der Waals surface area contributed by atoms with Gasteiger partial charge in [0.1, 0.15) is 0 Å². The molecule has 0 saturated heterocycles. The number of carboxylic acid groups (broad SMARTS) is 1. The fourth-order valence-corrected chi connectivity index (χ4v) is 0.515. The van der Waals surface area contributed by atoms with Gasteiger partial charge in [0.2, 0.25) is 0 Å². The van der Waals surface area contributed by atoms with E-state index >= 15 is 0 Å². The molecule has 1 atom stereocenters. The SMILES string of the molecule is O=C(O)C=CCC(O)CCl. The molecular weight excluding hydrogens is 156 g/mol. The highest BCUT2D eigenvalue weighted by molar-refractivity contribution is 6.18. The summed E-state index contributed by atoms with van der Waals surface area (Å²) in [4.78, 5) is 9.87. The highest BCUT2D eigenvalue weighted by Crippen LogP contribution is 1.94. The first-order chi connectivity index (χ1) is 4.66. The average Bonchev–Trinajstić information content (AvgIpc) is 1.87. The summed E-state index contributed by atoms with van der Waals surface area (Å²) in [6, 6.07) is 0. The number of hydrogen-bond donors (Lipinski definition) is 2. The number of aliphatic carboxylic acids is 1. The van der Waals surface area contributed by atoms with Crippen LogP contribution in [0.1, 0.15) is 6.42 Å². The summed E-state index contributed by atoms with van der Waals surface area (Å²) in [5.41, 5.74) is 0. The Morgan fingerprint density at radius 3 is 2.70 bits per heavy atom. The quantitative estimate of drug-likeness (QED) is 0.473. The minimum absolute atomic E-state index is 0.129. The van der Waals surface area contributed by atoms with Crippen LogP contribution in [0.4, 0.5) is 0 Å². The fraction of sp³-hybridized carbons (Fsp3) is 0.500. The van der Waals surface area contributed by atoms with Gasteiger partial charge in [-0.2, -0.15) is 0 Å². The molecule has 58 valence electrons. The Labute approximate surface area is 63.9 Å². The van der Waals surface area contributed by atoms with E-state index in [-0.39, 0.29) is 12.3 Å². The molecule has 0 fully saturated rings. The molecule has 0 bridgehead atoms. The van der Waals surface area contributed by atoms with Crippen molar-refractivity contribution in [2.24, 2.45) is 0 Å². The third-order valence-electron chi connectivity index (χ3n) is 0.847. The van der Waals surface area contributed by atoms with Gasteiger partial charge < -0.3 is 10.2 Å². The fourth-order valence-electron chi connectivity index (χ4n) is 0.389. The van der Waals surface area contributed by atoms with Crippen molar-refractivity contribution in [1.29, 1.82) is 0 Å². The van der Waals surface area contributed by atoms with Gasteiger partial charge in [0, 0.05) is 12.0 Å². The van der Waals surface area contributed by atoms with Crippen LogP contribution in [-0.4, -0.2) is 28.2 Å². The van der Waals surface area contributed by atoms with Crippen LogP contribution in [0.3, 0.4) is 0 Å². The minimum atomic E-state index is -1.01. The summed E-state index contributed by atoms with van der Waals surface area (Å²) >= 11 is 5.24. The first-order valence-electron chi connectivity index (χ1n) is 2.80. The second-order valence-corrected chi connectivity index (χ2v) is 2.09. The lowest BCUT2D eigenvalue weighted by molar-refractivity contribution is -0.131. The molecule has 1 unspecified atom stereocenters. The van der Waals surface area contributed by atoms with Crippen LogP contribution in [0.15, 0.2) is 12.2 Å². The Morgan fingerprint density at radius 1 is 1.70 bits per heavy atom. The van der Waals surface area contributed by atoms with Gasteiger partial charge in [-0.15, -0.1) is 11.6 Å². The third kappa shape index (κ3) is 5.59. The normalized spacial score (nSPS) is 13.8. The zero-order valence-corrected chi connectivity index (χ0v) is 6.08. The van der Waals surface area contributed by atoms with E-state index in [0.717, 1.165) is 6.08 Å². The van der Waals surface area contributed by atoms with Crippen LogP contribution in [-0.2, 0) is 4.79 Å². The maximum Gasteiger partial charge on any atom is 0.327 e. The predicted octanol–water partition coefficient (Wildman–Crippen LogP) is 0.617. The molecule has 0 radical (unpaired) electrons. The molecule has 3 nitrogen and oxygen atoms in total. The highest BCUT2D eigenvalue weighted by Gasteiger charge is 1.97. The van der Waals surface area contributed by atoms with Crippen LogP contribution < -0.4 is 0 Å². The van der Waals surface area contributed by atoms with E-state index < -0.39 is 12.1 Å². The number of carbonyl (C=O) groups is 1. The zero-order valence-electron chi connectivity index (χ0n) is 5.33. The van der Waals surface area contributed by atoms with E-state index in [9.17, 15) is 4.79 Å². The molecule has 4 heteroatoms. The molecule has 0 aromatic rings. The summed E-state index contributed by atoms with van der Waals surface area (Å²) in [6.45, 7) is 0. The number of halogens is 1. The van der Waals surface area contributed by atoms with Gasteiger partial charge in [-0.3, -0.25) is 0 Å². The Kier molecular flexibility index (Phi) is 4.98. The summed E-state index contributed by atoms with van der Waals surface area (Å²) in [5.74, 6) is -0.883. The average molecular weight is 165 g/mol. The lowest BCUT2D eigenvalue weighted by Gasteiger charge is -1.98. The first-order valence-corrected chi connectivity index (χ1v) is 3.33. The smallest absolute Gasteiger partial charge is 0.327 e. The largest absolute Gasteiger partial charge is 0.478 e. The molecule has 0 aliphatic carbocycles. The Morgan fingerprint density at radius 2 is 2.30 bits per heavy atom. The summed E-state index contributed by atoms with van der Waals surface area (Å²) in [7, 11) is 0. The van der Waals surface area contributed by atoms with Crippen LogP contribution >= 0.6 is 11.6 Å². The number of aliphatic hydroxyl groups excluding tert-OH is 1. The predicted molar refractivity (Wildman–Crippen MR) is 38.1 cm³/mol. The van der Waals surface area contributed by atoms with Crippen LogP contribution in [0, 0.1) is 0 Å². The maximum absolute atomic E-state index is 9.87. The van der Waals surface area contributed by atoms with Gasteiger partial charge in [0.05, 0.1) is 6.10 Å². The van der Waals surface area contributed by atoms with Crippen molar-refractivity contribution < 1.29 is 15.0 Å². The molecule has 0 aromatic carbocycles. The topological polar surface area (TPSA) is 57.5 Å². The van der Waals surface area contributed by atoms with Crippen molar-refractivity contribution in [2.75, 3.05) is 5.88 Å². The molecule has 0 aliphatic rings. The third-order valence-corrected chi connectivity index (χ3v) is 1.20. The Bertz CT molecular complexity index is 133. The van der Waals surface area contributed by atoms with Crippen molar-refractivity contribution in [3.8, 4) is 0 Å². The highest BCUT2D eigenvalue weighted by atomic mass is 35.5. The molecule has 10 heavy (non-hydrogen) atoms. The molecule has 0 rings (SSSR count). The van der Waals surface area contributed by atoms with Gasteiger partial charge in [-0.05, 0) is 6.42 Å². The second kappa shape index (κ2) is 5.26. The molecule has 0 aromatic heterocycles.